The van der Waals surface area contributed by atoms with Crippen LogP contribution in [0.5, 0.6) is 0 Å². The van der Waals surface area contributed by atoms with Crippen molar-refractivity contribution >= 4 is 23.2 Å². The molecule has 2 N–H and O–H groups in total. The molecule has 0 radical (unpaired) electrons. The Morgan fingerprint density at radius 2 is 1.40 bits per heavy atom. The van der Waals surface area contributed by atoms with Gasteiger partial charge in [0.25, 0.3) is 6.43 Å². The van der Waals surface area contributed by atoms with Gasteiger partial charge in [-0.3, -0.25) is 0 Å². The van der Waals surface area contributed by atoms with Crippen LogP contribution in [0.2, 0.25) is 0 Å². The van der Waals surface area contributed by atoms with E-state index < -0.39 is 48.9 Å². The van der Waals surface area contributed by atoms with Gasteiger partial charge in [0.2, 0.25) is 23.7 Å². The van der Waals surface area contributed by atoms with E-state index in [0.717, 1.165) is 11.3 Å². The molecule has 0 amide bonds. The molecule has 4 rings (SSSR count). The van der Waals surface area contributed by atoms with Crippen LogP contribution in [0.1, 0.15) is 50.6 Å². The van der Waals surface area contributed by atoms with Gasteiger partial charge in [-0.25, -0.2) is 31.3 Å². The Morgan fingerprint density at radius 1 is 0.867 bits per heavy atom. The molecule has 2 aliphatic rings. The minimum atomic E-state index is -2.79. The summed E-state index contributed by atoms with van der Waals surface area (Å²) in [6.07, 6.45) is -3.67. The van der Waals surface area contributed by atoms with E-state index in [4.69, 9.17) is 0 Å². The fourth-order valence-corrected chi connectivity index (χ4v) is 4.34. The van der Waals surface area contributed by atoms with Gasteiger partial charge in [0.1, 0.15) is 5.69 Å². The maximum Gasteiger partial charge on any atom is 0.281 e. The van der Waals surface area contributed by atoms with Crippen molar-refractivity contribution in [2.45, 2.75) is 68.9 Å². The number of aromatic nitrogens is 4. The highest BCUT2D eigenvalue weighted by Crippen LogP contribution is 2.37. The van der Waals surface area contributed by atoms with Gasteiger partial charge < -0.3 is 10.6 Å². The zero-order valence-electron chi connectivity index (χ0n) is 15.5. The maximum atomic E-state index is 13.5. The van der Waals surface area contributed by atoms with E-state index in [9.17, 15) is 26.3 Å². The summed E-state index contributed by atoms with van der Waals surface area (Å²) in [6.45, 7) is 0. The monoisotopic (exact) mass is 452 g/mol. The lowest BCUT2D eigenvalue weighted by Crippen LogP contribution is -2.23. The quantitative estimate of drug-likeness (QED) is 0.592. The van der Waals surface area contributed by atoms with Crippen LogP contribution in [-0.4, -0.2) is 43.9 Å². The van der Waals surface area contributed by atoms with Gasteiger partial charge in [-0.05, 0) is 12.8 Å². The molecule has 2 aliphatic carbocycles. The van der Waals surface area contributed by atoms with E-state index in [0.29, 0.717) is 0 Å². The molecule has 2 aromatic heterocycles. The molecule has 0 saturated heterocycles. The number of nitrogens with zero attached hydrogens (tertiary/aromatic N) is 4. The molecule has 164 valence electrons. The van der Waals surface area contributed by atoms with Crippen molar-refractivity contribution in [3.63, 3.8) is 0 Å². The van der Waals surface area contributed by atoms with Crippen molar-refractivity contribution in [3.8, 4) is 10.8 Å². The molecular formula is C17H18F6N6S. The molecule has 2 saturated carbocycles. The van der Waals surface area contributed by atoms with E-state index in [-0.39, 0.29) is 48.4 Å². The molecule has 0 aromatic carbocycles. The van der Waals surface area contributed by atoms with Crippen molar-refractivity contribution in [2.24, 2.45) is 0 Å². The van der Waals surface area contributed by atoms with Gasteiger partial charge >= 0.3 is 0 Å². The third kappa shape index (κ3) is 4.93. The van der Waals surface area contributed by atoms with Crippen LogP contribution in [0.15, 0.2) is 5.38 Å². The van der Waals surface area contributed by atoms with E-state index >= 15 is 0 Å². The van der Waals surface area contributed by atoms with Crippen molar-refractivity contribution in [2.75, 3.05) is 10.6 Å². The minimum absolute atomic E-state index is 0.0382. The summed E-state index contributed by atoms with van der Waals surface area (Å²) in [5, 5.41) is 6.89. The predicted molar refractivity (Wildman–Crippen MR) is 98.3 cm³/mol. The summed E-state index contributed by atoms with van der Waals surface area (Å²) < 4.78 is 79.7. The average molecular weight is 452 g/mol. The Labute approximate surface area is 171 Å². The molecule has 30 heavy (non-hydrogen) atoms. The number of thiazole rings is 1. The highest BCUT2D eigenvalue weighted by atomic mass is 32.1. The molecule has 2 atom stereocenters. The highest BCUT2D eigenvalue weighted by molar-refractivity contribution is 7.13. The smallest absolute Gasteiger partial charge is 0.281 e. The maximum absolute atomic E-state index is 13.5. The second kappa shape index (κ2) is 7.82. The first-order valence-electron chi connectivity index (χ1n) is 9.37. The Bertz CT molecular complexity index is 860. The number of halogens is 6. The summed E-state index contributed by atoms with van der Waals surface area (Å²) in [6, 6.07) is -1.15. The second-order valence-corrected chi connectivity index (χ2v) is 8.42. The van der Waals surface area contributed by atoms with Gasteiger partial charge in [0.15, 0.2) is 10.8 Å². The fraction of sp³-hybridized carbons (Fsp3) is 0.647. The summed E-state index contributed by atoms with van der Waals surface area (Å²) in [5.41, 5.74) is -0.440. The standard InChI is InChI=1S/C17H18F6N6S/c18-11(19)10-7-30-13(26-10)12-27-14(24-8-1-3-16(20,21)5-8)29-15(28-12)25-9-2-4-17(22,23)6-9/h7-9,11H,1-6H2,(H2,24,25,27,28,29). The van der Waals surface area contributed by atoms with Crippen LogP contribution in [0.3, 0.4) is 0 Å². The molecule has 0 aliphatic heterocycles. The molecule has 0 spiro atoms. The molecule has 2 aromatic rings. The molecule has 0 bridgehead atoms. The SMILES string of the molecule is FC(F)c1csc(-c2nc(NC3CCC(F)(F)C3)nc(NC3CCC(F)(F)C3)n2)n1. The number of rotatable bonds is 6. The zero-order valence-corrected chi connectivity index (χ0v) is 16.3. The Morgan fingerprint density at radius 3 is 1.80 bits per heavy atom. The molecule has 2 heterocycles. The Balaban J connectivity index is 1.59. The van der Waals surface area contributed by atoms with Crippen LogP contribution in [-0.2, 0) is 0 Å². The van der Waals surface area contributed by atoms with E-state index in [1.807, 2.05) is 0 Å². The van der Waals surface area contributed by atoms with Crippen molar-refractivity contribution in [1.29, 1.82) is 0 Å². The molecule has 13 heteroatoms. The highest BCUT2D eigenvalue weighted by Gasteiger charge is 2.41. The first-order valence-corrected chi connectivity index (χ1v) is 10.3. The Kier molecular flexibility index (Phi) is 5.49. The number of hydrogen-bond acceptors (Lipinski definition) is 7. The number of alkyl halides is 6. The van der Waals surface area contributed by atoms with Gasteiger partial charge in [-0.2, -0.15) is 15.0 Å². The molecule has 6 nitrogen and oxygen atoms in total. The van der Waals surface area contributed by atoms with Crippen LogP contribution < -0.4 is 10.6 Å². The van der Waals surface area contributed by atoms with E-state index in [1.54, 1.807) is 0 Å². The minimum Gasteiger partial charge on any atom is -0.351 e. The summed E-state index contributed by atoms with van der Waals surface area (Å²) >= 11 is 0.894. The summed E-state index contributed by atoms with van der Waals surface area (Å²) in [7, 11) is 0. The molecule has 2 fully saturated rings. The lowest BCUT2D eigenvalue weighted by Gasteiger charge is -2.16. The number of anilines is 2. The van der Waals surface area contributed by atoms with Gasteiger partial charge in [0.05, 0.1) is 0 Å². The topological polar surface area (TPSA) is 75.6 Å². The third-order valence-electron chi connectivity index (χ3n) is 5.05. The van der Waals surface area contributed by atoms with Crippen LogP contribution in [0.25, 0.3) is 10.8 Å². The summed E-state index contributed by atoms with van der Waals surface area (Å²) in [5.74, 6) is -5.69. The lowest BCUT2D eigenvalue weighted by atomic mass is 10.2. The van der Waals surface area contributed by atoms with Gasteiger partial charge in [-0.1, -0.05) is 0 Å². The first kappa shape index (κ1) is 21.1. The Hall–Kier alpha value is -2.18. The lowest BCUT2D eigenvalue weighted by molar-refractivity contribution is 0.00781. The van der Waals surface area contributed by atoms with Crippen molar-refractivity contribution in [1.82, 2.24) is 19.9 Å². The normalized spacial score (nSPS) is 25.0. The van der Waals surface area contributed by atoms with Crippen molar-refractivity contribution in [3.05, 3.63) is 11.1 Å². The second-order valence-electron chi connectivity index (χ2n) is 7.56. The van der Waals surface area contributed by atoms with Crippen LogP contribution in [0, 0.1) is 0 Å². The van der Waals surface area contributed by atoms with E-state index in [2.05, 4.69) is 30.6 Å². The molecular weight excluding hydrogens is 434 g/mol. The third-order valence-corrected chi connectivity index (χ3v) is 5.90. The predicted octanol–water partition coefficient (Wildman–Crippen LogP) is 5.13. The van der Waals surface area contributed by atoms with E-state index in [1.165, 1.54) is 5.38 Å². The first-order chi connectivity index (χ1) is 14.1. The molecule has 2 unspecified atom stereocenters. The zero-order chi connectivity index (χ0) is 21.5. The van der Waals surface area contributed by atoms with Crippen LogP contribution in [0.4, 0.5) is 38.2 Å². The van der Waals surface area contributed by atoms with Gasteiger partial charge in [-0.15, -0.1) is 11.3 Å². The largest absolute Gasteiger partial charge is 0.351 e. The summed E-state index contributed by atoms with van der Waals surface area (Å²) in [4.78, 5) is 16.2. The number of hydrogen-bond donors (Lipinski definition) is 2. The fourth-order valence-electron chi connectivity index (χ4n) is 3.60. The van der Waals surface area contributed by atoms with Gasteiger partial charge in [0, 0.05) is 43.1 Å². The van der Waals surface area contributed by atoms with Crippen molar-refractivity contribution < 1.29 is 26.3 Å². The average Bonchev–Trinajstić information content (AvgIpc) is 3.34. The van der Waals surface area contributed by atoms with Crippen LogP contribution >= 0.6 is 11.3 Å². The number of nitrogens with one attached hydrogen (secondary N) is 2.